The molecule has 0 fully saturated rings. The number of anilines is 1. The van der Waals surface area contributed by atoms with Crippen molar-refractivity contribution in [2.75, 3.05) is 18.5 Å². The fourth-order valence-corrected chi connectivity index (χ4v) is 1.57. The van der Waals surface area contributed by atoms with Crippen molar-refractivity contribution in [3.05, 3.63) is 10.6 Å². The lowest BCUT2D eigenvalue weighted by Gasteiger charge is -2.21. The number of aromatic nitrogens is 3. The van der Waals surface area contributed by atoms with Crippen LogP contribution >= 0.6 is 23.2 Å². The summed E-state index contributed by atoms with van der Waals surface area (Å²) in [6.07, 6.45) is 0. The summed E-state index contributed by atoms with van der Waals surface area (Å²) in [5.41, 5.74) is 0. The summed E-state index contributed by atoms with van der Waals surface area (Å²) in [7, 11) is 0. The first-order valence-electron chi connectivity index (χ1n) is 5.44. The lowest BCUT2D eigenvalue weighted by Crippen LogP contribution is -2.31. The molecule has 1 atom stereocenters. The van der Waals surface area contributed by atoms with Gasteiger partial charge in [0.1, 0.15) is 0 Å². The molecule has 17 heavy (non-hydrogen) atoms. The Balaban J connectivity index is 2.71. The van der Waals surface area contributed by atoms with Crippen LogP contribution in [0.1, 0.15) is 20.8 Å². The van der Waals surface area contributed by atoms with Crippen molar-refractivity contribution in [3.8, 4) is 0 Å². The van der Waals surface area contributed by atoms with Crippen molar-refractivity contribution in [2.45, 2.75) is 26.8 Å². The molecule has 96 valence electrons. The van der Waals surface area contributed by atoms with E-state index < -0.39 is 0 Å². The van der Waals surface area contributed by atoms with E-state index in [2.05, 4.69) is 34.1 Å². The van der Waals surface area contributed by atoms with Gasteiger partial charge >= 0.3 is 0 Å². The number of nitrogens with one attached hydrogen (secondary N) is 1. The zero-order valence-corrected chi connectivity index (χ0v) is 11.6. The van der Waals surface area contributed by atoms with Crippen LogP contribution in [0.5, 0.6) is 0 Å². The van der Waals surface area contributed by atoms with Crippen molar-refractivity contribution < 1.29 is 4.74 Å². The van der Waals surface area contributed by atoms with Gasteiger partial charge in [0.2, 0.25) is 16.5 Å². The van der Waals surface area contributed by atoms with Crippen molar-refractivity contribution in [3.63, 3.8) is 0 Å². The molecule has 1 aromatic heterocycles. The van der Waals surface area contributed by atoms with Gasteiger partial charge in [0, 0.05) is 6.61 Å². The molecule has 0 aromatic carbocycles. The van der Waals surface area contributed by atoms with E-state index in [-0.39, 0.29) is 16.6 Å². The van der Waals surface area contributed by atoms with Crippen LogP contribution in [-0.4, -0.2) is 34.2 Å². The number of ether oxygens (including phenoxy) is 1. The first-order chi connectivity index (χ1) is 8.02. The van der Waals surface area contributed by atoms with Gasteiger partial charge in [0.15, 0.2) is 0 Å². The highest BCUT2D eigenvalue weighted by molar-refractivity contribution is 6.31. The molecule has 0 aliphatic rings. The number of hydrogen-bond acceptors (Lipinski definition) is 5. The molecule has 1 heterocycles. The van der Waals surface area contributed by atoms with Crippen molar-refractivity contribution in [2.24, 2.45) is 5.92 Å². The summed E-state index contributed by atoms with van der Waals surface area (Å²) in [5, 5.41) is 3.29. The highest BCUT2D eigenvalue weighted by atomic mass is 35.5. The summed E-state index contributed by atoms with van der Waals surface area (Å²) in [6, 6.07) is 0.101. The molecule has 1 rings (SSSR count). The highest BCUT2D eigenvalue weighted by Crippen LogP contribution is 2.13. The Hall–Kier alpha value is -0.650. The molecule has 0 radical (unpaired) electrons. The zero-order chi connectivity index (χ0) is 12.8. The molecule has 1 aromatic rings. The van der Waals surface area contributed by atoms with E-state index in [1.807, 2.05) is 6.92 Å². The normalized spacial score (nSPS) is 12.8. The maximum Gasteiger partial charge on any atom is 0.228 e. The third-order valence-corrected chi connectivity index (χ3v) is 2.54. The number of nitrogens with zero attached hydrogens (tertiary/aromatic N) is 3. The third-order valence-electron chi connectivity index (χ3n) is 2.20. The fraction of sp³-hybridized carbons (Fsp3) is 0.700. The smallest absolute Gasteiger partial charge is 0.228 e. The molecule has 0 amide bonds. The maximum atomic E-state index is 5.70. The quantitative estimate of drug-likeness (QED) is 0.867. The fourth-order valence-electron chi connectivity index (χ4n) is 1.20. The van der Waals surface area contributed by atoms with Crippen LogP contribution in [0.2, 0.25) is 10.6 Å². The third kappa shape index (κ3) is 5.02. The summed E-state index contributed by atoms with van der Waals surface area (Å²) in [4.78, 5) is 11.6. The average Bonchev–Trinajstić information content (AvgIpc) is 2.22. The maximum absolute atomic E-state index is 5.70. The van der Waals surface area contributed by atoms with Crippen molar-refractivity contribution in [1.82, 2.24) is 15.0 Å². The van der Waals surface area contributed by atoms with Crippen LogP contribution in [0.4, 0.5) is 5.95 Å². The van der Waals surface area contributed by atoms with E-state index in [1.54, 1.807) is 0 Å². The van der Waals surface area contributed by atoms with Gasteiger partial charge in [-0.1, -0.05) is 13.8 Å². The minimum Gasteiger partial charge on any atom is -0.380 e. The molecule has 0 aliphatic heterocycles. The number of hydrogen-bond donors (Lipinski definition) is 1. The summed E-state index contributed by atoms with van der Waals surface area (Å²) in [5.74, 6) is 0.740. The molecule has 1 unspecified atom stereocenters. The van der Waals surface area contributed by atoms with E-state index in [1.165, 1.54) is 0 Å². The van der Waals surface area contributed by atoms with Crippen molar-refractivity contribution >= 4 is 29.2 Å². The average molecular weight is 279 g/mol. The zero-order valence-electron chi connectivity index (χ0n) is 10.1. The van der Waals surface area contributed by atoms with E-state index in [9.17, 15) is 0 Å². The largest absolute Gasteiger partial charge is 0.380 e. The standard InChI is InChI=1S/C10H16Cl2N4O/c1-4-17-5-7(6(2)3)13-10-15-8(11)14-9(12)16-10/h6-7H,4-5H2,1-3H3,(H,13,14,15,16). The van der Waals surface area contributed by atoms with Gasteiger partial charge in [-0.2, -0.15) is 15.0 Å². The molecule has 0 aliphatic carbocycles. The van der Waals surface area contributed by atoms with Gasteiger partial charge in [-0.3, -0.25) is 0 Å². The second-order valence-corrected chi connectivity index (χ2v) is 4.53. The van der Waals surface area contributed by atoms with Crippen LogP contribution in [0.3, 0.4) is 0 Å². The van der Waals surface area contributed by atoms with E-state index >= 15 is 0 Å². The molecule has 0 bridgehead atoms. The van der Waals surface area contributed by atoms with Gasteiger partial charge in [-0.05, 0) is 36.0 Å². The SMILES string of the molecule is CCOCC(Nc1nc(Cl)nc(Cl)n1)C(C)C. The van der Waals surface area contributed by atoms with Gasteiger partial charge in [-0.15, -0.1) is 0 Å². The molecular formula is C10H16Cl2N4O. The molecular weight excluding hydrogens is 263 g/mol. The Kier molecular flexibility index (Phi) is 5.88. The predicted molar refractivity (Wildman–Crippen MR) is 68.6 cm³/mol. The first kappa shape index (κ1) is 14.4. The minimum atomic E-state index is 0.0754. The highest BCUT2D eigenvalue weighted by Gasteiger charge is 2.15. The molecule has 0 saturated carbocycles. The Morgan fingerprint density at radius 2 is 1.76 bits per heavy atom. The molecule has 1 N–H and O–H groups in total. The first-order valence-corrected chi connectivity index (χ1v) is 6.19. The summed E-state index contributed by atoms with van der Waals surface area (Å²) < 4.78 is 5.39. The molecule has 0 saturated heterocycles. The van der Waals surface area contributed by atoms with Gasteiger partial charge in [0.05, 0.1) is 12.6 Å². The molecule has 5 nitrogen and oxygen atoms in total. The topological polar surface area (TPSA) is 59.9 Å². The van der Waals surface area contributed by atoms with Crippen LogP contribution in [-0.2, 0) is 4.74 Å². The van der Waals surface area contributed by atoms with Crippen LogP contribution < -0.4 is 5.32 Å². The second-order valence-electron chi connectivity index (χ2n) is 3.85. The predicted octanol–water partition coefficient (Wildman–Crippen LogP) is 2.65. The van der Waals surface area contributed by atoms with Gasteiger partial charge < -0.3 is 10.1 Å². The Bertz CT molecular complexity index is 342. The van der Waals surface area contributed by atoms with Crippen LogP contribution in [0.25, 0.3) is 0 Å². The second kappa shape index (κ2) is 6.93. The Morgan fingerprint density at radius 1 is 1.18 bits per heavy atom. The monoisotopic (exact) mass is 278 g/mol. The summed E-state index contributed by atoms with van der Waals surface area (Å²) >= 11 is 11.4. The van der Waals surface area contributed by atoms with Crippen LogP contribution in [0, 0.1) is 5.92 Å². The minimum absolute atomic E-state index is 0.0754. The lowest BCUT2D eigenvalue weighted by molar-refractivity contribution is 0.126. The lowest BCUT2D eigenvalue weighted by atomic mass is 10.1. The Labute approximate surface area is 111 Å². The van der Waals surface area contributed by atoms with E-state index in [0.717, 1.165) is 0 Å². The van der Waals surface area contributed by atoms with E-state index in [4.69, 9.17) is 27.9 Å². The van der Waals surface area contributed by atoms with Gasteiger partial charge in [0.25, 0.3) is 0 Å². The van der Waals surface area contributed by atoms with E-state index in [0.29, 0.717) is 25.1 Å². The van der Waals surface area contributed by atoms with Gasteiger partial charge in [-0.25, -0.2) is 0 Å². The van der Waals surface area contributed by atoms with Crippen LogP contribution in [0.15, 0.2) is 0 Å². The van der Waals surface area contributed by atoms with Crippen molar-refractivity contribution in [1.29, 1.82) is 0 Å². The molecule has 7 heteroatoms. The molecule has 0 spiro atoms. The summed E-state index contributed by atoms with van der Waals surface area (Å²) in [6.45, 7) is 7.37. The Morgan fingerprint density at radius 3 is 2.24 bits per heavy atom. The number of rotatable bonds is 6. The number of halogens is 2.